The smallest absolute Gasteiger partial charge is 0.191 e. The summed E-state index contributed by atoms with van der Waals surface area (Å²) in [4.78, 5) is 7.22. The minimum absolute atomic E-state index is 0.544. The van der Waals surface area contributed by atoms with Gasteiger partial charge in [-0.05, 0) is 24.1 Å². The number of benzene rings is 1. The lowest BCUT2D eigenvalue weighted by atomic mass is 10.1. The molecular formula is C21H29Cl2N5O. The number of nitrogens with one attached hydrogen (secondary N) is 2. The molecule has 2 heterocycles. The van der Waals surface area contributed by atoms with Gasteiger partial charge in [0.05, 0.1) is 31.3 Å². The van der Waals surface area contributed by atoms with Crippen molar-refractivity contribution in [1.29, 1.82) is 0 Å². The number of ether oxygens (including phenoxy) is 1. The highest BCUT2D eigenvalue weighted by atomic mass is 35.5. The maximum atomic E-state index is 6.16. The van der Waals surface area contributed by atoms with E-state index in [1.54, 1.807) is 0 Å². The molecule has 3 rings (SSSR count). The van der Waals surface area contributed by atoms with E-state index in [4.69, 9.17) is 32.9 Å². The van der Waals surface area contributed by atoms with Crippen molar-refractivity contribution in [1.82, 2.24) is 20.1 Å². The van der Waals surface area contributed by atoms with Crippen LogP contribution >= 0.6 is 23.2 Å². The van der Waals surface area contributed by atoms with E-state index in [1.165, 1.54) is 11.1 Å². The summed E-state index contributed by atoms with van der Waals surface area (Å²) in [5, 5.41) is 7.77. The number of guanidine groups is 1. The first-order chi connectivity index (χ1) is 14.1. The molecule has 0 atom stereocenters. The van der Waals surface area contributed by atoms with Crippen LogP contribution in [0.3, 0.4) is 0 Å². The van der Waals surface area contributed by atoms with Crippen molar-refractivity contribution in [2.75, 3.05) is 32.8 Å². The summed E-state index contributed by atoms with van der Waals surface area (Å²) in [7, 11) is 1.90. The molecule has 2 aromatic rings. The number of morpholine rings is 1. The van der Waals surface area contributed by atoms with Gasteiger partial charge in [-0.3, -0.25) is 4.90 Å². The molecule has 0 saturated carbocycles. The SMILES string of the molecule is CCNC(=NCc1ccccc1CN1CCOCC1)NCc1cc(Cl)c(Cl)n1C. The number of aliphatic imine (C=N–C) groups is 1. The third-order valence-electron chi connectivity index (χ3n) is 5.02. The van der Waals surface area contributed by atoms with Gasteiger partial charge >= 0.3 is 0 Å². The van der Waals surface area contributed by atoms with Crippen molar-refractivity contribution in [2.45, 2.75) is 26.6 Å². The lowest BCUT2D eigenvalue weighted by Gasteiger charge is -2.27. The Hall–Kier alpha value is -1.73. The first kappa shape index (κ1) is 22.0. The molecule has 1 aliphatic rings. The molecule has 0 bridgehead atoms. The molecule has 0 unspecified atom stereocenters. The van der Waals surface area contributed by atoms with Crippen LogP contribution in [0.4, 0.5) is 0 Å². The van der Waals surface area contributed by atoms with Crippen LogP contribution < -0.4 is 10.6 Å². The average Bonchev–Trinajstić information content (AvgIpc) is 2.98. The Morgan fingerprint density at radius 1 is 1.14 bits per heavy atom. The number of rotatable bonds is 7. The third-order valence-corrected chi connectivity index (χ3v) is 5.86. The second-order valence-corrected chi connectivity index (χ2v) is 7.80. The molecule has 0 spiro atoms. The molecule has 1 aromatic heterocycles. The summed E-state index contributed by atoms with van der Waals surface area (Å²) in [6.45, 7) is 8.54. The summed E-state index contributed by atoms with van der Waals surface area (Å²) in [5.74, 6) is 0.766. The van der Waals surface area contributed by atoms with E-state index in [1.807, 2.05) is 17.7 Å². The first-order valence-corrected chi connectivity index (χ1v) is 10.7. The van der Waals surface area contributed by atoms with E-state index in [2.05, 4.69) is 46.7 Å². The molecule has 1 aliphatic heterocycles. The van der Waals surface area contributed by atoms with Gasteiger partial charge in [-0.2, -0.15) is 0 Å². The van der Waals surface area contributed by atoms with Gasteiger partial charge in [0.2, 0.25) is 0 Å². The van der Waals surface area contributed by atoms with Crippen LogP contribution in [0.5, 0.6) is 0 Å². The highest BCUT2D eigenvalue weighted by Gasteiger charge is 2.13. The van der Waals surface area contributed by atoms with Gasteiger partial charge < -0.3 is 19.9 Å². The summed E-state index contributed by atoms with van der Waals surface area (Å²) in [6.07, 6.45) is 0. The van der Waals surface area contributed by atoms with Crippen LogP contribution in [0.2, 0.25) is 10.2 Å². The van der Waals surface area contributed by atoms with Crippen molar-refractivity contribution in [3.63, 3.8) is 0 Å². The largest absolute Gasteiger partial charge is 0.379 e. The Labute approximate surface area is 182 Å². The summed E-state index contributed by atoms with van der Waals surface area (Å²) < 4.78 is 7.33. The van der Waals surface area contributed by atoms with Crippen LogP contribution in [0.15, 0.2) is 35.3 Å². The zero-order valence-electron chi connectivity index (χ0n) is 17.0. The van der Waals surface area contributed by atoms with E-state index < -0.39 is 0 Å². The predicted molar refractivity (Wildman–Crippen MR) is 120 cm³/mol. The molecule has 0 aliphatic carbocycles. The minimum atomic E-state index is 0.544. The average molecular weight is 438 g/mol. The summed E-state index contributed by atoms with van der Waals surface area (Å²) in [5.41, 5.74) is 3.55. The van der Waals surface area contributed by atoms with Crippen LogP contribution in [0.1, 0.15) is 23.7 Å². The highest BCUT2D eigenvalue weighted by Crippen LogP contribution is 2.24. The molecule has 8 heteroatoms. The lowest BCUT2D eigenvalue weighted by molar-refractivity contribution is 0.0341. The van der Waals surface area contributed by atoms with Gasteiger partial charge in [0, 0.05) is 38.9 Å². The van der Waals surface area contributed by atoms with Crippen LogP contribution in [0.25, 0.3) is 0 Å². The van der Waals surface area contributed by atoms with Crippen LogP contribution in [-0.2, 0) is 31.4 Å². The van der Waals surface area contributed by atoms with E-state index in [0.717, 1.165) is 51.0 Å². The number of halogens is 2. The molecule has 1 fully saturated rings. The number of hydrogen-bond donors (Lipinski definition) is 2. The van der Waals surface area contributed by atoms with Crippen molar-refractivity contribution < 1.29 is 4.74 Å². The Balaban J connectivity index is 1.65. The zero-order chi connectivity index (χ0) is 20.6. The van der Waals surface area contributed by atoms with Crippen molar-refractivity contribution in [3.8, 4) is 0 Å². The topological polar surface area (TPSA) is 53.8 Å². The third kappa shape index (κ3) is 6.12. The number of nitrogens with zero attached hydrogens (tertiary/aromatic N) is 3. The van der Waals surface area contributed by atoms with Gasteiger partial charge in [0.1, 0.15) is 5.15 Å². The Kier molecular flexibility index (Phi) is 8.24. The fourth-order valence-corrected chi connectivity index (χ4v) is 3.72. The van der Waals surface area contributed by atoms with E-state index >= 15 is 0 Å². The monoisotopic (exact) mass is 437 g/mol. The summed E-state index contributed by atoms with van der Waals surface area (Å²) >= 11 is 12.3. The van der Waals surface area contributed by atoms with Gasteiger partial charge in [0.15, 0.2) is 5.96 Å². The van der Waals surface area contributed by atoms with Crippen LogP contribution in [-0.4, -0.2) is 48.3 Å². The van der Waals surface area contributed by atoms with Crippen molar-refractivity contribution in [3.05, 3.63) is 57.3 Å². The maximum Gasteiger partial charge on any atom is 0.191 e. The molecule has 1 aromatic carbocycles. The quantitative estimate of drug-likeness (QED) is 0.514. The molecule has 0 amide bonds. The number of hydrogen-bond acceptors (Lipinski definition) is 3. The molecule has 29 heavy (non-hydrogen) atoms. The maximum absolute atomic E-state index is 6.16. The van der Waals surface area contributed by atoms with Gasteiger partial charge in [0.25, 0.3) is 0 Å². The Bertz CT molecular complexity index is 830. The molecule has 1 saturated heterocycles. The van der Waals surface area contributed by atoms with Crippen LogP contribution in [0, 0.1) is 0 Å². The standard InChI is InChI=1S/C21H29Cl2N5O/c1-3-24-21(26-14-18-12-19(22)20(23)27(18)2)25-13-16-6-4-5-7-17(16)15-28-8-10-29-11-9-28/h4-7,12H,3,8-11,13-15H2,1-2H3,(H2,24,25,26). The Morgan fingerprint density at radius 3 is 2.52 bits per heavy atom. The van der Waals surface area contributed by atoms with E-state index in [-0.39, 0.29) is 0 Å². The van der Waals surface area contributed by atoms with E-state index in [9.17, 15) is 0 Å². The molecular weight excluding hydrogens is 409 g/mol. The van der Waals surface area contributed by atoms with E-state index in [0.29, 0.717) is 23.3 Å². The van der Waals surface area contributed by atoms with Crippen molar-refractivity contribution in [2.24, 2.45) is 12.0 Å². The first-order valence-electron chi connectivity index (χ1n) is 9.97. The predicted octanol–water partition coefficient (Wildman–Crippen LogP) is 3.42. The second-order valence-electron chi connectivity index (χ2n) is 7.04. The summed E-state index contributed by atoms with van der Waals surface area (Å²) in [6, 6.07) is 10.4. The van der Waals surface area contributed by atoms with Crippen molar-refractivity contribution >= 4 is 29.2 Å². The molecule has 6 nitrogen and oxygen atoms in total. The normalized spacial score (nSPS) is 15.5. The fraction of sp³-hybridized carbons (Fsp3) is 0.476. The zero-order valence-corrected chi connectivity index (χ0v) is 18.6. The van der Waals surface area contributed by atoms with Gasteiger partial charge in [-0.1, -0.05) is 47.5 Å². The second kappa shape index (κ2) is 10.9. The molecule has 0 radical (unpaired) electrons. The molecule has 2 N–H and O–H groups in total. The highest BCUT2D eigenvalue weighted by molar-refractivity contribution is 6.41. The number of aromatic nitrogens is 1. The van der Waals surface area contributed by atoms with Gasteiger partial charge in [-0.25, -0.2) is 4.99 Å². The fourth-order valence-electron chi connectivity index (χ4n) is 3.31. The minimum Gasteiger partial charge on any atom is -0.379 e. The Morgan fingerprint density at radius 2 is 1.86 bits per heavy atom. The molecule has 158 valence electrons. The van der Waals surface area contributed by atoms with Gasteiger partial charge in [-0.15, -0.1) is 0 Å². The lowest BCUT2D eigenvalue weighted by Crippen LogP contribution is -2.37.